The highest BCUT2D eigenvalue weighted by Crippen LogP contribution is 2.36. The van der Waals surface area contributed by atoms with Gasteiger partial charge in [-0.05, 0) is 31.0 Å². The molecule has 1 heterocycles. The average molecular weight is 392 g/mol. The van der Waals surface area contributed by atoms with Crippen molar-refractivity contribution in [2.24, 2.45) is 0 Å². The molecule has 0 saturated carbocycles. The number of ether oxygens (including phenoxy) is 1. The predicted octanol–water partition coefficient (Wildman–Crippen LogP) is 1.88. The van der Waals surface area contributed by atoms with Crippen molar-refractivity contribution >= 4 is 40.7 Å². The van der Waals surface area contributed by atoms with E-state index in [-0.39, 0.29) is 30.9 Å². The molecule has 0 aliphatic carbocycles. The summed E-state index contributed by atoms with van der Waals surface area (Å²) in [4.78, 5) is 38.3. The Labute approximate surface area is 162 Å². The summed E-state index contributed by atoms with van der Waals surface area (Å²) in [5.41, 5.74) is 1.56. The Morgan fingerprint density at radius 1 is 1.22 bits per heavy atom. The number of aliphatic hydroxyl groups is 1. The number of imide groups is 1. The summed E-state index contributed by atoms with van der Waals surface area (Å²) in [5, 5.41) is 11.8. The quantitative estimate of drug-likeness (QED) is 0.466. The minimum Gasteiger partial charge on any atom is -0.396 e. The molecular weight excluding hydrogens is 368 g/mol. The molecule has 1 aromatic carbocycles. The van der Waals surface area contributed by atoms with Crippen molar-refractivity contribution in [3.63, 3.8) is 0 Å². The summed E-state index contributed by atoms with van der Waals surface area (Å²) < 4.78 is 5.28. The third kappa shape index (κ3) is 5.41. The molecule has 1 aliphatic heterocycles. The molecule has 1 aromatic rings. The van der Waals surface area contributed by atoms with E-state index in [0.717, 1.165) is 0 Å². The molecule has 2 rings (SSSR count). The van der Waals surface area contributed by atoms with Crippen LogP contribution >= 0.6 is 11.8 Å². The Hall–Kier alpha value is -2.16. The summed E-state index contributed by atoms with van der Waals surface area (Å²) in [6.07, 6.45) is 0.567. The Bertz CT molecular complexity index is 730. The number of carbonyl (C=O) groups excluding carboxylic acids is 3. The fourth-order valence-electron chi connectivity index (χ4n) is 2.69. The summed E-state index contributed by atoms with van der Waals surface area (Å²) in [5.74, 6) is -0.539. The van der Waals surface area contributed by atoms with Crippen LogP contribution in [0.3, 0.4) is 0 Å². The fraction of sp³-hybridized carbons (Fsp3) is 0.421. The second-order valence-corrected chi connectivity index (χ2v) is 6.95. The highest BCUT2D eigenvalue weighted by Gasteiger charge is 2.38. The Balaban J connectivity index is 2.25. The molecule has 0 unspecified atom stereocenters. The van der Waals surface area contributed by atoms with E-state index in [1.165, 1.54) is 23.6 Å². The maximum Gasteiger partial charge on any atom is 0.267 e. The largest absolute Gasteiger partial charge is 0.396 e. The third-order valence-corrected chi connectivity index (χ3v) is 4.89. The molecule has 0 bridgehead atoms. The Kier molecular flexibility index (Phi) is 8.02. The van der Waals surface area contributed by atoms with E-state index in [1.54, 1.807) is 24.3 Å². The molecule has 27 heavy (non-hydrogen) atoms. The van der Waals surface area contributed by atoms with Gasteiger partial charge in [0.1, 0.15) is 0 Å². The first-order valence-electron chi connectivity index (χ1n) is 8.79. The lowest BCUT2D eigenvalue weighted by Crippen LogP contribution is -2.33. The number of benzene rings is 1. The number of anilines is 1. The molecule has 0 aromatic heterocycles. The van der Waals surface area contributed by atoms with Gasteiger partial charge in [-0.15, -0.1) is 11.8 Å². The van der Waals surface area contributed by atoms with Crippen LogP contribution in [0.25, 0.3) is 5.57 Å². The monoisotopic (exact) mass is 392 g/mol. The average Bonchev–Trinajstić information content (AvgIpc) is 2.87. The Morgan fingerprint density at radius 2 is 1.93 bits per heavy atom. The van der Waals surface area contributed by atoms with Crippen LogP contribution < -0.4 is 5.32 Å². The minimum atomic E-state index is -0.343. The van der Waals surface area contributed by atoms with E-state index in [1.807, 2.05) is 6.92 Å². The summed E-state index contributed by atoms with van der Waals surface area (Å²) in [6.45, 7) is 4.57. The minimum absolute atomic E-state index is 0.0886. The van der Waals surface area contributed by atoms with Gasteiger partial charge < -0.3 is 15.2 Å². The highest BCUT2D eigenvalue weighted by atomic mass is 32.2. The number of nitrogens with zero attached hydrogens (tertiary/aromatic N) is 1. The van der Waals surface area contributed by atoms with Crippen LogP contribution in [-0.4, -0.2) is 59.8 Å². The van der Waals surface area contributed by atoms with Gasteiger partial charge in [0.25, 0.3) is 11.8 Å². The zero-order valence-corrected chi connectivity index (χ0v) is 16.3. The second kappa shape index (κ2) is 10.2. The van der Waals surface area contributed by atoms with E-state index >= 15 is 0 Å². The zero-order valence-electron chi connectivity index (χ0n) is 15.5. The highest BCUT2D eigenvalue weighted by molar-refractivity contribution is 8.04. The van der Waals surface area contributed by atoms with Crippen molar-refractivity contribution in [1.29, 1.82) is 0 Å². The van der Waals surface area contributed by atoms with Crippen LogP contribution in [0.2, 0.25) is 0 Å². The molecular formula is C19H24N2O5S. The van der Waals surface area contributed by atoms with Gasteiger partial charge in [0.05, 0.1) is 17.1 Å². The fourth-order valence-corrected chi connectivity index (χ4v) is 3.56. The van der Waals surface area contributed by atoms with Gasteiger partial charge in [0, 0.05) is 38.1 Å². The molecule has 146 valence electrons. The van der Waals surface area contributed by atoms with E-state index in [4.69, 9.17) is 9.84 Å². The van der Waals surface area contributed by atoms with Crippen LogP contribution in [0.1, 0.15) is 25.8 Å². The number of amides is 3. The predicted molar refractivity (Wildman–Crippen MR) is 105 cm³/mol. The molecule has 2 N–H and O–H groups in total. The van der Waals surface area contributed by atoms with Crippen molar-refractivity contribution in [1.82, 2.24) is 4.90 Å². The molecule has 7 nitrogen and oxygen atoms in total. The van der Waals surface area contributed by atoms with E-state index in [9.17, 15) is 14.4 Å². The maximum atomic E-state index is 12.9. The lowest BCUT2D eigenvalue weighted by atomic mass is 10.1. The molecule has 0 radical (unpaired) electrons. The number of hydrogen-bond acceptors (Lipinski definition) is 6. The van der Waals surface area contributed by atoms with Crippen LogP contribution in [0.15, 0.2) is 29.2 Å². The zero-order chi connectivity index (χ0) is 19.8. The first-order valence-corrected chi connectivity index (χ1v) is 9.78. The molecule has 8 heteroatoms. The van der Waals surface area contributed by atoms with Crippen molar-refractivity contribution in [3.8, 4) is 0 Å². The first kappa shape index (κ1) is 21.1. The number of carbonyl (C=O) groups is 3. The van der Waals surface area contributed by atoms with E-state index < -0.39 is 0 Å². The SMILES string of the molecule is CCOCCCN1C(=O)C(SCCO)=C(c2ccc(NC(C)=O)cc2)C1=O. The number of thioether (sulfide) groups is 1. The molecule has 0 fully saturated rings. The molecule has 1 aliphatic rings. The smallest absolute Gasteiger partial charge is 0.267 e. The molecule has 0 saturated heterocycles. The van der Waals surface area contributed by atoms with Crippen LogP contribution in [0, 0.1) is 0 Å². The number of aliphatic hydroxyl groups excluding tert-OH is 1. The van der Waals surface area contributed by atoms with E-state index in [0.29, 0.717) is 47.1 Å². The summed E-state index contributed by atoms with van der Waals surface area (Å²) >= 11 is 1.18. The lowest BCUT2D eigenvalue weighted by molar-refractivity contribution is -0.136. The topological polar surface area (TPSA) is 95.9 Å². The number of rotatable bonds is 10. The third-order valence-electron chi connectivity index (χ3n) is 3.83. The number of hydrogen-bond donors (Lipinski definition) is 2. The van der Waals surface area contributed by atoms with Crippen molar-refractivity contribution in [2.45, 2.75) is 20.3 Å². The van der Waals surface area contributed by atoms with Gasteiger partial charge in [-0.1, -0.05) is 12.1 Å². The Morgan fingerprint density at radius 3 is 2.52 bits per heavy atom. The van der Waals surface area contributed by atoms with Gasteiger partial charge in [-0.2, -0.15) is 0 Å². The molecule has 0 atom stereocenters. The molecule has 0 spiro atoms. The summed E-state index contributed by atoms with van der Waals surface area (Å²) in [7, 11) is 0. The van der Waals surface area contributed by atoms with Gasteiger partial charge in [-0.3, -0.25) is 19.3 Å². The van der Waals surface area contributed by atoms with Gasteiger partial charge in [-0.25, -0.2) is 0 Å². The van der Waals surface area contributed by atoms with Crippen molar-refractivity contribution in [3.05, 3.63) is 34.7 Å². The molecule has 3 amide bonds. The van der Waals surface area contributed by atoms with Gasteiger partial charge in [0.15, 0.2) is 0 Å². The maximum absolute atomic E-state index is 12.9. The summed E-state index contributed by atoms with van der Waals surface area (Å²) in [6, 6.07) is 6.78. The van der Waals surface area contributed by atoms with Crippen LogP contribution in [-0.2, 0) is 19.1 Å². The number of nitrogens with one attached hydrogen (secondary N) is 1. The normalized spacial score (nSPS) is 14.3. The lowest BCUT2D eigenvalue weighted by Gasteiger charge is -2.15. The van der Waals surface area contributed by atoms with Crippen molar-refractivity contribution in [2.75, 3.05) is 37.4 Å². The van der Waals surface area contributed by atoms with Gasteiger partial charge in [0.2, 0.25) is 5.91 Å². The van der Waals surface area contributed by atoms with Crippen LogP contribution in [0.5, 0.6) is 0 Å². The van der Waals surface area contributed by atoms with Crippen molar-refractivity contribution < 1.29 is 24.2 Å². The van der Waals surface area contributed by atoms with Gasteiger partial charge >= 0.3 is 0 Å². The first-order chi connectivity index (χ1) is 13.0. The van der Waals surface area contributed by atoms with E-state index in [2.05, 4.69) is 5.32 Å². The second-order valence-electron chi connectivity index (χ2n) is 5.85. The van der Waals surface area contributed by atoms with Crippen LogP contribution in [0.4, 0.5) is 5.69 Å². The standard InChI is InChI=1S/C19H24N2O5S/c1-3-26-11-4-9-21-18(24)16(17(19(21)25)27-12-10-22)14-5-7-15(8-6-14)20-13(2)23/h5-8,22H,3-4,9-12H2,1-2H3,(H,20,23).